The van der Waals surface area contributed by atoms with Crippen LogP contribution >= 0.6 is 0 Å². The van der Waals surface area contributed by atoms with E-state index in [4.69, 9.17) is 0 Å². The van der Waals surface area contributed by atoms with Gasteiger partial charge < -0.3 is 4.74 Å². The second kappa shape index (κ2) is 16.7. The molecule has 0 radical (unpaired) electrons. The fourth-order valence-corrected chi connectivity index (χ4v) is 1.95. The number of carbonyl (C=O) groups excluding carboxylic acids is 1. The van der Waals surface area contributed by atoms with E-state index in [0.29, 0.717) is 6.42 Å². The standard InChI is InChI=1S/C19H32O2/c1-3-4-5-6-7-8-9-10-11-12-13-14-15-16-17-18-19(20)21-2/h4-5,10-11,13-14H,3,6-9,12,15-18H2,1-2H3. The number of methoxy groups -OCH3 is 1. The van der Waals surface area contributed by atoms with Crippen molar-refractivity contribution in [1.82, 2.24) is 0 Å². The van der Waals surface area contributed by atoms with Gasteiger partial charge in [0.2, 0.25) is 0 Å². The molecule has 0 heterocycles. The molecule has 0 amide bonds. The first-order valence-corrected chi connectivity index (χ1v) is 8.33. The lowest BCUT2D eigenvalue weighted by atomic mass is 10.1. The summed E-state index contributed by atoms with van der Waals surface area (Å²) in [7, 11) is 1.44. The predicted molar refractivity (Wildman–Crippen MR) is 91.3 cm³/mol. The number of hydrogen-bond donors (Lipinski definition) is 0. The number of carbonyl (C=O) groups is 1. The van der Waals surface area contributed by atoms with Crippen molar-refractivity contribution in [3.05, 3.63) is 36.5 Å². The van der Waals surface area contributed by atoms with Gasteiger partial charge in [-0.3, -0.25) is 4.79 Å². The molecule has 0 N–H and O–H groups in total. The zero-order valence-electron chi connectivity index (χ0n) is 13.9. The molecule has 0 bridgehead atoms. The molecule has 0 aliphatic carbocycles. The van der Waals surface area contributed by atoms with Crippen LogP contribution in [0.5, 0.6) is 0 Å². The van der Waals surface area contributed by atoms with E-state index in [1.165, 1.54) is 32.8 Å². The van der Waals surface area contributed by atoms with E-state index < -0.39 is 0 Å². The SMILES string of the molecule is CCC=CCCCCC=CCC=CCCCCC(=O)OC. The highest BCUT2D eigenvalue weighted by molar-refractivity contribution is 5.68. The van der Waals surface area contributed by atoms with Gasteiger partial charge >= 0.3 is 5.97 Å². The third kappa shape index (κ3) is 16.6. The van der Waals surface area contributed by atoms with Crippen LogP contribution in [0.3, 0.4) is 0 Å². The quantitative estimate of drug-likeness (QED) is 0.245. The van der Waals surface area contributed by atoms with E-state index in [1.54, 1.807) is 0 Å². The van der Waals surface area contributed by atoms with Gasteiger partial charge in [0.25, 0.3) is 0 Å². The Hall–Kier alpha value is -1.31. The molecule has 0 fully saturated rings. The molecule has 0 unspecified atom stereocenters. The molecule has 2 heteroatoms. The van der Waals surface area contributed by atoms with E-state index in [0.717, 1.165) is 32.1 Å². The minimum atomic E-state index is -0.105. The summed E-state index contributed by atoms with van der Waals surface area (Å²) in [5, 5.41) is 0. The Kier molecular flexibility index (Phi) is 15.7. The maximum absolute atomic E-state index is 10.9. The molecule has 21 heavy (non-hydrogen) atoms. The van der Waals surface area contributed by atoms with Crippen LogP contribution in [0.4, 0.5) is 0 Å². The lowest BCUT2D eigenvalue weighted by molar-refractivity contribution is -0.140. The van der Waals surface area contributed by atoms with Gasteiger partial charge in [-0.2, -0.15) is 0 Å². The van der Waals surface area contributed by atoms with Crippen molar-refractivity contribution < 1.29 is 9.53 Å². The fraction of sp³-hybridized carbons (Fsp3) is 0.632. The van der Waals surface area contributed by atoms with Gasteiger partial charge in [0.05, 0.1) is 7.11 Å². The van der Waals surface area contributed by atoms with Crippen LogP contribution in [0, 0.1) is 0 Å². The van der Waals surface area contributed by atoms with Crippen LogP contribution in [0.25, 0.3) is 0 Å². The summed E-state index contributed by atoms with van der Waals surface area (Å²) >= 11 is 0. The molecule has 0 atom stereocenters. The Morgan fingerprint density at radius 2 is 1.33 bits per heavy atom. The fourth-order valence-electron chi connectivity index (χ4n) is 1.95. The lowest BCUT2D eigenvalue weighted by Crippen LogP contribution is -1.98. The van der Waals surface area contributed by atoms with E-state index in [2.05, 4.69) is 48.1 Å². The summed E-state index contributed by atoms with van der Waals surface area (Å²) in [6.07, 6.45) is 24.2. The van der Waals surface area contributed by atoms with Crippen molar-refractivity contribution in [3.8, 4) is 0 Å². The largest absolute Gasteiger partial charge is 0.469 e. The van der Waals surface area contributed by atoms with Gasteiger partial charge in [-0.05, 0) is 57.8 Å². The smallest absolute Gasteiger partial charge is 0.305 e. The van der Waals surface area contributed by atoms with E-state index >= 15 is 0 Å². The molecule has 0 saturated carbocycles. The Balaban J connectivity index is 3.29. The summed E-state index contributed by atoms with van der Waals surface area (Å²) in [4.78, 5) is 10.9. The van der Waals surface area contributed by atoms with Crippen LogP contribution in [-0.2, 0) is 9.53 Å². The average Bonchev–Trinajstić information content (AvgIpc) is 2.50. The molecule has 0 aromatic rings. The van der Waals surface area contributed by atoms with Crippen LogP contribution in [0.2, 0.25) is 0 Å². The van der Waals surface area contributed by atoms with Crippen LogP contribution in [0.1, 0.15) is 71.1 Å². The predicted octanol–water partition coefficient (Wildman–Crippen LogP) is 5.75. The van der Waals surface area contributed by atoms with Gasteiger partial charge in [0.15, 0.2) is 0 Å². The number of ether oxygens (including phenoxy) is 1. The highest BCUT2D eigenvalue weighted by Gasteiger charge is 1.97. The molecule has 0 spiro atoms. The summed E-state index contributed by atoms with van der Waals surface area (Å²) < 4.78 is 4.60. The summed E-state index contributed by atoms with van der Waals surface area (Å²) in [6.45, 7) is 2.17. The summed E-state index contributed by atoms with van der Waals surface area (Å²) in [5.74, 6) is -0.105. The zero-order chi connectivity index (χ0) is 15.6. The molecule has 2 nitrogen and oxygen atoms in total. The highest BCUT2D eigenvalue weighted by Crippen LogP contribution is 2.04. The second-order valence-electron chi connectivity index (χ2n) is 5.16. The van der Waals surface area contributed by atoms with Gasteiger partial charge in [-0.15, -0.1) is 0 Å². The molecule has 0 aromatic heterocycles. The Bertz CT molecular complexity index is 314. The van der Waals surface area contributed by atoms with Crippen LogP contribution < -0.4 is 0 Å². The van der Waals surface area contributed by atoms with Crippen LogP contribution in [-0.4, -0.2) is 13.1 Å². The van der Waals surface area contributed by atoms with Crippen molar-refractivity contribution in [1.29, 1.82) is 0 Å². The van der Waals surface area contributed by atoms with Crippen molar-refractivity contribution >= 4 is 5.97 Å². The molecule has 120 valence electrons. The van der Waals surface area contributed by atoms with Crippen molar-refractivity contribution in [3.63, 3.8) is 0 Å². The normalized spacial score (nSPS) is 11.9. The highest BCUT2D eigenvalue weighted by atomic mass is 16.5. The first-order valence-electron chi connectivity index (χ1n) is 8.33. The maximum Gasteiger partial charge on any atom is 0.305 e. The molecule has 0 aliphatic heterocycles. The van der Waals surface area contributed by atoms with Crippen molar-refractivity contribution in [2.75, 3.05) is 7.11 Å². The first-order chi connectivity index (χ1) is 10.3. The second-order valence-corrected chi connectivity index (χ2v) is 5.16. The average molecular weight is 292 g/mol. The molecular weight excluding hydrogens is 260 g/mol. The monoisotopic (exact) mass is 292 g/mol. The first kappa shape index (κ1) is 19.7. The van der Waals surface area contributed by atoms with Crippen LogP contribution in [0.15, 0.2) is 36.5 Å². The number of allylic oxidation sites excluding steroid dienone is 6. The maximum atomic E-state index is 10.9. The Morgan fingerprint density at radius 3 is 1.86 bits per heavy atom. The van der Waals surface area contributed by atoms with Crippen molar-refractivity contribution in [2.45, 2.75) is 71.1 Å². The van der Waals surface area contributed by atoms with Crippen molar-refractivity contribution in [2.24, 2.45) is 0 Å². The van der Waals surface area contributed by atoms with Gasteiger partial charge in [0.1, 0.15) is 0 Å². The molecule has 0 aliphatic rings. The van der Waals surface area contributed by atoms with E-state index in [9.17, 15) is 4.79 Å². The Labute approximate surface area is 131 Å². The summed E-state index contributed by atoms with van der Waals surface area (Å²) in [6, 6.07) is 0. The molecule has 0 aromatic carbocycles. The lowest BCUT2D eigenvalue weighted by Gasteiger charge is -1.96. The third-order valence-electron chi connectivity index (χ3n) is 3.23. The number of unbranched alkanes of at least 4 members (excludes halogenated alkanes) is 5. The minimum absolute atomic E-state index is 0.105. The zero-order valence-corrected chi connectivity index (χ0v) is 13.9. The number of esters is 1. The van der Waals surface area contributed by atoms with Gasteiger partial charge in [0, 0.05) is 6.42 Å². The topological polar surface area (TPSA) is 26.3 Å². The minimum Gasteiger partial charge on any atom is -0.469 e. The molecular formula is C19H32O2. The molecule has 0 saturated heterocycles. The third-order valence-corrected chi connectivity index (χ3v) is 3.23. The molecule has 0 rings (SSSR count). The number of rotatable bonds is 13. The van der Waals surface area contributed by atoms with Gasteiger partial charge in [-0.25, -0.2) is 0 Å². The van der Waals surface area contributed by atoms with E-state index in [1.807, 2.05) is 0 Å². The number of hydrogen-bond acceptors (Lipinski definition) is 2. The van der Waals surface area contributed by atoms with E-state index in [-0.39, 0.29) is 5.97 Å². The Morgan fingerprint density at radius 1 is 0.810 bits per heavy atom. The van der Waals surface area contributed by atoms with Gasteiger partial charge in [-0.1, -0.05) is 43.4 Å². The summed E-state index contributed by atoms with van der Waals surface area (Å²) in [5.41, 5.74) is 0.